The van der Waals surface area contributed by atoms with Crippen LogP contribution in [0.1, 0.15) is 30.5 Å². The number of methoxy groups -OCH3 is 1. The van der Waals surface area contributed by atoms with Crippen molar-refractivity contribution in [1.29, 1.82) is 0 Å². The van der Waals surface area contributed by atoms with Gasteiger partial charge in [-0.25, -0.2) is 0 Å². The molecule has 28 heavy (non-hydrogen) atoms. The molecule has 2 aromatic rings. The van der Waals surface area contributed by atoms with Crippen LogP contribution in [0, 0.1) is 5.41 Å². The molecule has 1 amide bonds. The number of amides is 1. The van der Waals surface area contributed by atoms with Gasteiger partial charge in [0.25, 0.3) is 0 Å². The molecule has 0 unspecified atom stereocenters. The molecule has 4 rings (SSSR count). The molecule has 2 heterocycles. The molecule has 0 aromatic heterocycles. The highest BCUT2D eigenvalue weighted by atomic mass is 16.5. The summed E-state index contributed by atoms with van der Waals surface area (Å²) in [5, 5.41) is 0. The highest BCUT2D eigenvalue weighted by molar-refractivity contribution is 5.86. The molecule has 0 radical (unpaired) electrons. The number of benzene rings is 2. The van der Waals surface area contributed by atoms with Crippen molar-refractivity contribution >= 4 is 11.9 Å². The molecule has 0 bridgehead atoms. The van der Waals surface area contributed by atoms with Gasteiger partial charge in [-0.15, -0.1) is 0 Å². The Morgan fingerprint density at radius 1 is 1.07 bits per heavy atom. The minimum absolute atomic E-state index is 0.0686. The van der Waals surface area contributed by atoms with Gasteiger partial charge in [0, 0.05) is 19.6 Å². The van der Waals surface area contributed by atoms with Crippen LogP contribution in [0.2, 0.25) is 0 Å². The van der Waals surface area contributed by atoms with Gasteiger partial charge in [0.2, 0.25) is 5.91 Å². The van der Waals surface area contributed by atoms with E-state index in [-0.39, 0.29) is 24.0 Å². The van der Waals surface area contributed by atoms with Gasteiger partial charge in [-0.3, -0.25) is 14.5 Å². The van der Waals surface area contributed by atoms with Gasteiger partial charge in [0.15, 0.2) is 0 Å². The topological polar surface area (TPSA) is 49.9 Å². The van der Waals surface area contributed by atoms with Gasteiger partial charge in [-0.1, -0.05) is 60.7 Å². The summed E-state index contributed by atoms with van der Waals surface area (Å²) >= 11 is 0. The molecule has 0 aliphatic carbocycles. The maximum absolute atomic E-state index is 13.3. The number of piperazine rings is 1. The second-order valence-electron chi connectivity index (χ2n) is 8.08. The zero-order valence-electron chi connectivity index (χ0n) is 16.4. The zero-order valence-corrected chi connectivity index (χ0v) is 16.4. The van der Waals surface area contributed by atoms with E-state index in [0.717, 1.165) is 5.56 Å². The number of esters is 1. The highest BCUT2D eigenvalue weighted by Crippen LogP contribution is 2.44. The van der Waals surface area contributed by atoms with Crippen LogP contribution in [-0.4, -0.2) is 47.9 Å². The van der Waals surface area contributed by atoms with Gasteiger partial charge in [0.05, 0.1) is 24.6 Å². The fourth-order valence-electron chi connectivity index (χ4n) is 4.61. The molecule has 0 saturated carbocycles. The fraction of sp³-hybridized carbons (Fsp3) is 0.391. The lowest BCUT2D eigenvalue weighted by Crippen LogP contribution is -2.55. The molecule has 146 valence electrons. The molecule has 2 aromatic carbocycles. The number of nitrogens with zero attached hydrogens (tertiary/aromatic N) is 2. The average molecular weight is 378 g/mol. The van der Waals surface area contributed by atoms with E-state index in [1.165, 1.54) is 12.7 Å². The molecule has 0 spiro atoms. The lowest BCUT2D eigenvalue weighted by atomic mass is 9.87. The van der Waals surface area contributed by atoms with E-state index in [1.54, 1.807) is 0 Å². The van der Waals surface area contributed by atoms with Crippen LogP contribution in [-0.2, 0) is 20.9 Å². The van der Waals surface area contributed by atoms with Crippen molar-refractivity contribution in [3.05, 3.63) is 71.8 Å². The fourth-order valence-corrected chi connectivity index (χ4v) is 4.61. The van der Waals surface area contributed by atoms with Crippen molar-refractivity contribution in [1.82, 2.24) is 9.80 Å². The minimum Gasteiger partial charge on any atom is -0.469 e. The summed E-state index contributed by atoms with van der Waals surface area (Å²) in [5.41, 5.74) is 1.63. The van der Waals surface area contributed by atoms with Crippen molar-refractivity contribution in [2.75, 3.05) is 20.2 Å². The van der Waals surface area contributed by atoms with Crippen LogP contribution >= 0.6 is 0 Å². The van der Waals surface area contributed by atoms with E-state index in [4.69, 9.17) is 4.74 Å². The molecular formula is C23H26N2O3. The summed E-state index contributed by atoms with van der Waals surface area (Å²) in [4.78, 5) is 29.9. The second-order valence-corrected chi connectivity index (χ2v) is 8.08. The molecule has 0 N–H and O–H groups in total. The van der Waals surface area contributed by atoms with Crippen molar-refractivity contribution in [3.8, 4) is 0 Å². The summed E-state index contributed by atoms with van der Waals surface area (Å²) < 4.78 is 5.05. The Balaban J connectivity index is 1.67. The van der Waals surface area contributed by atoms with E-state index in [2.05, 4.69) is 17.0 Å². The van der Waals surface area contributed by atoms with Crippen molar-refractivity contribution < 1.29 is 14.3 Å². The Kier molecular flexibility index (Phi) is 4.94. The van der Waals surface area contributed by atoms with Crippen LogP contribution < -0.4 is 0 Å². The Hall–Kier alpha value is -2.66. The van der Waals surface area contributed by atoms with Gasteiger partial charge < -0.3 is 9.64 Å². The summed E-state index contributed by atoms with van der Waals surface area (Å²) in [6, 6.07) is 20.1. The van der Waals surface area contributed by atoms with Gasteiger partial charge in [-0.05, 0) is 24.5 Å². The Bertz CT molecular complexity index is 855. The molecule has 5 nitrogen and oxygen atoms in total. The Labute approximate surface area is 165 Å². The summed E-state index contributed by atoms with van der Waals surface area (Å²) in [6.07, 6.45) is 0.493. The number of carbonyl (C=O) groups is 2. The molecule has 2 saturated heterocycles. The van der Waals surface area contributed by atoms with Gasteiger partial charge in [-0.2, -0.15) is 0 Å². The first-order chi connectivity index (χ1) is 13.5. The quantitative estimate of drug-likeness (QED) is 0.768. The maximum atomic E-state index is 13.3. The number of carbonyl (C=O) groups excluding carboxylic acids is 2. The summed E-state index contributed by atoms with van der Waals surface area (Å²) in [6.45, 7) is 3.65. The smallest absolute Gasteiger partial charge is 0.312 e. The third-order valence-electron chi connectivity index (χ3n) is 6.04. The van der Waals surface area contributed by atoms with Crippen LogP contribution in [0.5, 0.6) is 0 Å². The molecule has 3 atom stereocenters. The molecule has 2 fully saturated rings. The predicted molar refractivity (Wildman–Crippen MR) is 106 cm³/mol. The van der Waals surface area contributed by atoms with Crippen molar-refractivity contribution in [2.45, 2.75) is 32.0 Å². The maximum Gasteiger partial charge on any atom is 0.312 e. The largest absolute Gasteiger partial charge is 0.469 e. The first-order valence-electron chi connectivity index (χ1n) is 9.74. The van der Waals surface area contributed by atoms with E-state index in [1.807, 2.05) is 60.4 Å². The molecular weight excluding hydrogens is 352 g/mol. The van der Waals surface area contributed by atoms with Crippen LogP contribution in [0.3, 0.4) is 0 Å². The first kappa shape index (κ1) is 18.7. The lowest BCUT2D eigenvalue weighted by Gasteiger charge is -2.43. The van der Waals surface area contributed by atoms with Crippen LogP contribution in [0.25, 0.3) is 0 Å². The minimum atomic E-state index is -0.662. The van der Waals surface area contributed by atoms with Crippen molar-refractivity contribution in [2.24, 2.45) is 5.41 Å². The monoisotopic (exact) mass is 378 g/mol. The Morgan fingerprint density at radius 2 is 1.71 bits per heavy atom. The molecule has 2 aliphatic rings. The van der Waals surface area contributed by atoms with Gasteiger partial charge >= 0.3 is 5.97 Å². The second kappa shape index (κ2) is 7.40. The third-order valence-corrected chi connectivity index (χ3v) is 6.04. The number of fused-ring (bicyclic) bond motifs is 1. The number of rotatable bonds is 4. The summed E-state index contributed by atoms with van der Waals surface area (Å²) in [5.74, 6) is -0.139. The van der Waals surface area contributed by atoms with Crippen molar-refractivity contribution in [3.63, 3.8) is 0 Å². The normalized spacial score (nSPS) is 27.5. The SMILES string of the molecule is COC(=O)[C@]1(C)C[C@H]2C(=O)N(Cc3ccccc3)C[C@H](c3ccccc3)N2C1. The van der Waals surface area contributed by atoms with E-state index in [9.17, 15) is 9.59 Å². The lowest BCUT2D eigenvalue weighted by molar-refractivity contribution is -0.151. The first-order valence-corrected chi connectivity index (χ1v) is 9.74. The number of ether oxygens (including phenoxy) is 1. The molecule has 2 aliphatic heterocycles. The van der Waals surface area contributed by atoms with Crippen LogP contribution in [0.4, 0.5) is 0 Å². The van der Waals surface area contributed by atoms with E-state index < -0.39 is 5.41 Å². The number of hydrogen-bond acceptors (Lipinski definition) is 4. The average Bonchev–Trinajstić information content (AvgIpc) is 3.10. The van der Waals surface area contributed by atoms with E-state index in [0.29, 0.717) is 26.1 Å². The number of hydrogen-bond donors (Lipinski definition) is 0. The molecule has 5 heteroatoms. The summed E-state index contributed by atoms with van der Waals surface area (Å²) in [7, 11) is 1.42. The standard InChI is InChI=1S/C23H26N2O3/c1-23(22(27)28-2)13-19-21(26)24(14-17-9-5-3-6-10-17)15-20(25(19)16-23)18-11-7-4-8-12-18/h3-12,19-20H,13-16H2,1-2H3/t19-,20+,23+/m0/s1. The Morgan fingerprint density at radius 3 is 2.36 bits per heavy atom. The van der Waals surface area contributed by atoms with E-state index >= 15 is 0 Å². The zero-order chi connectivity index (χ0) is 19.7. The van der Waals surface area contributed by atoms with Crippen LogP contribution in [0.15, 0.2) is 60.7 Å². The third kappa shape index (κ3) is 3.31. The van der Waals surface area contributed by atoms with Gasteiger partial charge in [0.1, 0.15) is 0 Å². The predicted octanol–water partition coefficient (Wildman–Crippen LogP) is 3.02. The highest BCUT2D eigenvalue weighted by Gasteiger charge is 2.54.